The molecule has 1 aliphatic rings. The van der Waals surface area contributed by atoms with E-state index in [0.717, 1.165) is 11.3 Å². The Kier molecular flexibility index (Phi) is 2.50. The summed E-state index contributed by atoms with van der Waals surface area (Å²) in [7, 11) is 0. The number of para-hydroxylation sites is 1. The van der Waals surface area contributed by atoms with Crippen LogP contribution in [0.4, 0.5) is 5.82 Å². The van der Waals surface area contributed by atoms with Crippen molar-refractivity contribution in [2.75, 3.05) is 5.73 Å². The van der Waals surface area contributed by atoms with Gasteiger partial charge in [0.2, 0.25) is 0 Å². The van der Waals surface area contributed by atoms with Crippen LogP contribution in [0, 0.1) is 6.92 Å². The van der Waals surface area contributed by atoms with Crippen LogP contribution in [0.3, 0.4) is 0 Å². The molecule has 1 saturated carbocycles. The highest BCUT2D eigenvalue weighted by atomic mass is 14.8. The zero-order chi connectivity index (χ0) is 11.8. The summed E-state index contributed by atoms with van der Waals surface area (Å²) in [5.74, 6) is 1.38. The number of benzene rings is 1. The Morgan fingerprint density at radius 3 is 2.65 bits per heavy atom. The van der Waals surface area contributed by atoms with Crippen LogP contribution in [0.25, 0.3) is 10.9 Å². The van der Waals surface area contributed by atoms with Gasteiger partial charge in [0.1, 0.15) is 5.82 Å². The molecule has 0 bridgehead atoms. The Bertz CT molecular complexity index is 554. The van der Waals surface area contributed by atoms with E-state index in [1.54, 1.807) is 0 Å². The normalized spacial score (nSPS) is 16.8. The van der Waals surface area contributed by atoms with Gasteiger partial charge in [-0.25, -0.2) is 4.98 Å². The predicted octanol–water partition coefficient (Wildman–Crippen LogP) is 3.78. The number of pyridine rings is 1. The van der Waals surface area contributed by atoms with Crippen molar-refractivity contribution in [3.8, 4) is 0 Å². The second kappa shape index (κ2) is 4.02. The average molecular weight is 226 g/mol. The first kappa shape index (κ1) is 10.6. The van der Waals surface area contributed by atoms with Gasteiger partial charge in [0.25, 0.3) is 0 Å². The number of nitrogens with zero attached hydrogens (tertiary/aromatic N) is 1. The first-order valence-corrected chi connectivity index (χ1v) is 6.42. The summed E-state index contributed by atoms with van der Waals surface area (Å²) in [5, 5.41) is 1.25. The van der Waals surface area contributed by atoms with Crippen molar-refractivity contribution in [2.45, 2.75) is 38.5 Å². The minimum Gasteiger partial charge on any atom is -0.383 e. The van der Waals surface area contributed by atoms with E-state index in [-0.39, 0.29) is 0 Å². The van der Waals surface area contributed by atoms with Crippen LogP contribution in [0.1, 0.15) is 42.7 Å². The van der Waals surface area contributed by atoms with Crippen molar-refractivity contribution in [3.63, 3.8) is 0 Å². The molecule has 0 radical (unpaired) electrons. The van der Waals surface area contributed by atoms with E-state index in [1.807, 2.05) is 12.1 Å². The molecular weight excluding hydrogens is 208 g/mol. The van der Waals surface area contributed by atoms with E-state index in [0.29, 0.717) is 5.92 Å². The number of hydrogen-bond acceptors (Lipinski definition) is 2. The lowest BCUT2D eigenvalue weighted by Gasteiger charge is -2.17. The summed E-state index contributed by atoms with van der Waals surface area (Å²) in [6.45, 7) is 2.19. The van der Waals surface area contributed by atoms with Gasteiger partial charge >= 0.3 is 0 Å². The highest BCUT2D eigenvalue weighted by molar-refractivity contribution is 5.85. The second-order valence-electron chi connectivity index (χ2n) is 5.03. The average Bonchev–Trinajstić information content (AvgIpc) is 2.83. The summed E-state index contributed by atoms with van der Waals surface area (Å²) >= 11 is 0. The maximum absolute atomic E-state index is 6.16. The van der Waals surface area contributed by atoms with Crippen LogP contribution in [0.2, 0.25) is 0 Å². The Hall–Kier alpha value is -1.57. The molecule has 17 heavy (non-hydrogen) atoms. The van der Waals surface area contributed by atoms with Crippen molar-refractivity contribution in [2.24, 2.45) is 0 Å². The van der Waals surface area contributed by atoms with Crippen molar-refractivity contribution >= 4 is 16.7 Å². The van der Waals surface area contributed by atoms with Gasteiger partial charge in [0.15, 0.2) is 0 Å². The number of anilines is 1. The van der Waals surface area contributed by atoms with Crippen LogP contribution in [-0.2, 0) is 0 Å². The molecule has 0 spiro atoms. The van der Waals surface area contributed by atoms with Gasteiger partial charge in [-0.15, -0.1) is 0 Å². The SMILES string of the molecule is Cc1c(C2CCCC2)c(N)nc2ccccc12. The molecule has 0 amide bonds. The molecule has 88 valence electrons. The fourth-order valence-electron chi connectivity index (χ4n) is 3.15. The largest absolute Gasteiger partial charge is 0.383 e. The fraction of sp³-hybridized carbons (Fsp3) is 0.400. The molecule has 1 fully saturated rings. The minimum atomic E-state index is 0.632. The molecule has 2 heteroatoms. The number of aryl methyl sites for hydroxylation is 1. The molecular formula is C15H18N2. The van der Waals surface area contributed by atoms with Gasteiger partial charge in [-0.1, -0.05) is 31.0 Å². The number of nitrogens with two attached hydrogens (primary N) is 1. The van der Waals surface area contributed by atoms with Gasteiger partial charge in [0.05, 0.1) is 5.52 Å². The lowest BCUT2D eigenvalue weighted by Crippen LogP contribution is -2.05. The molecule has 0 unspecified atom stereocenters. The third-order valence-corrected chi connectivity index (χ3v) is 3.99. The monoisotopic (exact) mass is 226 g/mol. The van der Waals surface area contributed by atoms with E-state index < -0.39 is 0 Å². The third kappa shape index (κ3) is 1.68. The number of rotatable bonds is 1. The summed E-state index contributed by atoms with van der Waals surface area (Å²) in [6.07, 6.45) is 5.20. The molecule has 1 aromatic carbocycles. The number of nitrogen functional groups attached to an aromatic ring is 1. The Balaban J connectivity index is 2.23. The lowest BCUT2D eigenvalue weighted by molar-refractivity contribution is 0.719. The van der Waals surface area contributed by atoms with E-state index >= 15 is 0 Å². The van der Waals surface area contributed by atoms with Crippen molar-refractivity contribution < 1.29 is 0 Å². The maximum atomic E-state index is 6.16. The zero-order valence-electron chi connectivity index (χ0n) is 10.2. The zero-order valence-corrected chi connectivity index (χ0v) is 10.2. The molecule has 2 aromatic rings. The van der Waals surface area contributed by atoms with Gasteiger partial charge in [-0.05, 0) is 37.3 Å². The van der Waals surface area contributed by atoms with Crippen LogP contribution in [0.5, 0.6) is 0 Å². The number of aromatic nitrogens is 1. The quantitative estimate of drug-likeness (QED) is 0.803. The van der Waals surface area contributed by atoms with Gasteiger partial charge in [-0.3, -0.25) is 0 Å². The molecule has 1 aromatic heterocycles. The fourth-order valence-corrected chi connectivity index (χ4v) is 3.15. The van der Waals surface area contributed by atoms with Crippen LogP contribution < -0.4 is 5.73 Å². The maximum Gasteiger partial charge on any atom is 0.127 e. The lowest BCUT2D eigenvalue weighted by atomic mass is 9.92. The van der Waals surface area contributed by atoms with E-state index in [4.69, 9.17) is 5.73 Å². The van der Waals surface area contributed by atoms with Gasteiger partial charge < -0.3 is 5.73 Å². The molecule has 2 nitrogen and oxygen atoms in total. The minimum absolute atomic E-state index is 0.632. The third-order valence-electron chi connectivity index (χ3n) is 3.99. The van der Waals surface area contributed by atoms with Gasteiger partial charge in [0, 0.05) is 10.9 Å². The van der Waals surface area contributed by atoms with Crippen molar-refractivity contribution in [1.29, 1.82) is 0 Å². The van der Waals surface area contributed by atoms with Gasteiger partial charge in [-0.2, -0.15) is 0 Å². The van der Waals surface area contributed by atoms with E-state index in [2.05, 4.69) is 24.0 Å². The van der Waals surface area contributed by atoms with Crippen LogP contribution in [0.15, 0.2) is 24.3 Å². The molecule has 0 saturated heterocycles. The Morgan fingerprint density at radius 1 is 1.18 bits per heavy atom. The molecule has 2 N–H and O–H groups in total. The van der Waals surface area contributed by atoms with Crippen LogP contribution >= 0.6 is 0 Å². The summed E-state index contributed by atoms with van der Waals surface area (Å²) < 4.78 is 0. The molecule has 1 aliphatic carbocycles. The summed E-state index contributed by atoms with van der Waals surface area (Å²) in [5.41, 5.74) is 9.81. The Morgan fingerprint density at radius 2 is 1.88 bits per heavy atom. The summed E-state index contributed by atoms with van der Waals surface area (Å²) in [6, 6.07) is 8.28. The molecule has 0 aliphatic heterocycles. The highest BCUT2D eigenvalue weighted by Gasteiger charge is 2.22. The van der Waals surface area contributed by atoms with Crippen molar-refractivity contribution in [1.82, 2.24) is 4.98 Å². The number of fused-ring (bicyclic) bond motifs is 1. The van der Waals surface area contributed by atoms with Crippen LogP contribution in [-0.4, -0.2) is 4.98 Å². The first-order chi connectivity index (χ1) is 8.27. The standard InChI is InChI=1S/C15H18N2/c1-10-12-8-4-5-9-13(12)17-15(16)14(10)11-6-2-3-7-11/h4-5,8-9,11H,2-3,6-7H2,1H3,(H2,16,17). The molecule has 3 rings (SSSR count). The Labute approximate surface area is 102 Å². The molecule has 1 heterocycles. The summed E-state index contributed by atoms with van der Waals surface area (Å²) in [4.78, 5) is 4.56. The second-order valence-corrected chi connectivity index (χ2v) is 5.03. The van der Waals surface area contributed by atoms with E-state index in [1.165, 1.54) is 42.2 Å². The number of hydrogen-bond donors (Lipinski definition) is 1. The van der Waals surface area contributed by atoms with E-state index in [9.17, 15) is 0 Å². The molecule has 0 atom stereocenters. The van der Waals surface area contributed by atoms with Crippen molar-refractivity contribution in [3.05, 3.63) is 35.4 Å². The smallest absolute Gasteiger partial charge is 0.127 e. The topological polar surface area (TPSA) is 38.9 Å². The highest BCUT2D eigenvalue weighted by Crippen LogP contribution is 2.39. The predicted molar refractivity (Wildman–Crippen MR) is 72.1 cm³/mol. The first-order valence-electron chi connectivity index (χ1n) is 6.42.